The molecule has 0 aromatic carbocycles. The minimum absolute atomic E-state index is 0.139. The maximum absolute atomic E-state index is 12.8. The molecule has 0 heterocycles. The summed E-state index contributed by atoms with van der Waals surface area (Å²) in [5.41, 5.74) is 0. The number of hydrogen-bond acceptors (Lipinski definition) is 6. The fourth-order valence-corrected chi connectivity index (χ4v) is 6.07. The molecule has 0 rings (SSSR count). The standard InChI is InChI=1S/C59H90O6/c1-4-7-10-13-16-19-22-24-26-28-29-31-32-34-37-40-43-46-49-52-58(61)64-55-56(54-63-57(60)51-48-45-42-39-36-21-18-15-12-9-6-3)65-59(62)53-50-47-44-41-38-35-33-30-27-25-23-20-17-14-11-8-5-2/h7,9-10,12,16-21,24-27,29,31,33-35,37,39,41-42,44,56H,4-6,8,11,13-15,22-23,28,30,32,36,38,40,43,45-55H2,1-3H3/b10-7-,12-9-,19-16-,20-17-,21-18-,26-24-,27-25-,31-29-,35-33-,37-34-,42-39-,44-41-. The fraction of sp³-hybridized carbons (Fsp3) is 0.542. The maximum Gasteiger partial charge on any atom is 0.306 e. The fourth-order valence-electron chi connectivity index (χ4n) is 6.07. The maximum atomic E-state index is 12.8. The van der Waals surface area contributed by atoms with Crippen LogP contribution in [0.3, 0.4) is 0 Å². The molecule has 0 aromatic heterocycles. The lowest BCUT2D eigenvalue weighted by Crippen LogP contribution is -2.30. The van der Waals surface area contributed by atoms with Crippen molar-refractivity contribution in [3.8, 4) is 0 Å². The van der Waals surface area contributed by atoms with Crippen LogP contribution in [0.5, 0.6) is 0 Å². The largest absolute Gasteiger partial charge is 0.462 e. The van der Waals surface area contributed by atoms with Gasteiger partial charge < -0.3 is 14.2 Å². The third-order valence-corrected chi connectivity index (χ3v) is 9.81. The van der Waals surface area contributed by atoms with E-state index >= 15 is 0 Å². The van der Waals surface area contributed by atoms with Crippen molar-refractivity contribution < 1.29 is 28.6 Å². The van der Waals surface area contributed by atoms with E-state index in [1.807, 2.05) is 0 Å². The molecule has 362 valence electrons. The molecule has 1 atom stereocenters. The highest BCUT2D eigenvalue weighted by Crippen LogP contribution is 2.10. The van der Waals surface area contributed by atoms with Gasteiger partial charge >= 0.3 is 17.9 Å². The minimum atomic E-state index is -0.846. The molecule has 1 unspecified atom stereocenters. The summed E-state index contributed by atoms with van der Waals surface area (Å²) in [6.07, 6.45) is 74.2. The first-order chi connectivity index (χ1) is 32.0. The van der Waals surface area contributed by atoms with Crippen LogP contribution in [0.15, 0.2) is 146 Å². The Balaban J connectivity index is 4.60. The lowest BCUT2D eigenvalue weighted by atomic mass is 10.1. The van der Waals surface area contributed by atoms with Gasteiger partial charge in [0, 0.05) is 19.3 Å². The highest BCUT2D eigenvalue weighted by atomic mass is 16.6. The molecule has 6 heteroatoms. The Morgan fingerprint density at radius 2 is 0.615 bits per heavy atom. The molecule has 65 heavy (non-hydrogen) atoms. The van der Waals surface area contributed by atoms with Gasteiger partial charge in [0.05, 0.1) is 0 Å². The molecule has 0 saturated carbocycles. The molecule has 0 spiro atoms. The molecule has 0 bridgehead atoms. The van der Waals surface area contributed by atoms with E-state index in [0.717, 1.165) is 109 Å². The molecule has 0 radical (unpaired) electrons. The molecular formula is C59H90O6. The lowest BCUT2D eigenvalue weighted by molar-refractivity contribution is -0.167. The molecule has 0 aromatic rings. The van der Waals surface area contributed by atoms with E-state index in [9.17, 15) is 14.4 Å². The van der Waals surface area contributed by atoms with Gasteiger partial charge in [-0.25, -0.2) is 0 Å². The second-order valence-corrected chi connectivity index (χ2v) is 16.0. The third kappa shape index (κ3) is 50.2. The van der Waals surface area contributed by atoms with Crippen LogP contribution in [-0.4, -0.2) is 37.2 Å². The zero-order chi connectivity index (χ0) is 47.2. The minimum Gasteiger partial charge on any atom is -0.462 e. The van der Waals surface area contributed by atoms with E-state index < -0.39 is 12.1 Å². The van der Waals surface area contributed by atoms with Crippen molar-refractivity contribution in [1.29, 1.82) is 0 Å². The van der Waals surface area contributed by atoms with Crippen LogP contribution >= 0.6 is 0 Å². The SMILES string of the molecule is CC/C=C\C/C=C\C/C=C\C/C=C\C/C=C\CCCCCC(=O)OCC(COC(=O)CCC/C=C\C/C=C\C/C=C\CC)OC(=O)CCC/C=C\C/C=C\C/C=C\C/C=C\CCCCC. The van der Waals surface area contributed by atoms with Crippen LogP contribution in [0.25, 0.3) is 0 Å². The Hall–Kier alpha value is -4.71. The number of hydrogen-bond donors (Lipinski definition) is 0. The van der Waals surface area contributed by atoms with Crippen LogP contribution in [0.4, 0.5) is 0 Å². The summed E-state index contributed by atoms with van der Waals surface area (Å²) in [4.78, 5) is 37.9. The first-order valence-corrected chi connectivity index (χ1v) is 25.3. The summed E-state index contributed by atoms with van der Waals surface area (Å²) >= 11 is 0. The van der Waals surface area contributed by atoms with Gasteiger partial charge in [0.2, 0.25) is 0 Å². The number of allylic oxidation sites excluding steroid dienone is 24. The molecule has 0 aliphatic heterocycles. The van der Waals surface area contributed by atoms with Crippen LogP contribution < -0.4 is 0 Å². The molecule has 0 aliphatic carbocycles. The second kappa shape index (κ2) is 51.9. The van der Waals surface area contributed by atoms with E-state index in [-0.39, 0.29) is 38.0 Å². The van der Waals surface area contributed by atoms with E-state index in [1.165, 1.54) is 25.7 Å². The molecule has 0 aliphatic rings. The first-order valence-electron chi connectivity index (χ1n) is 25.3. The summed E-state index contributed by atoms with van der Waals surface area (Å²) in [7, 11) is 0. The van der Waals surface area contributed by atoms with Gasteiger partial charge in [0.25, 0.3) is 0 Å². The van der Waals surface area contributed by atoms with Gasteiger partial charge in [-0.2, -0.15) is 0 Å². The number of ether oxygens (including phenoxy) is 3. The number of rotatable bonds is 43. The molecule has 6 nitrogen and oxygen atoms in total. The van der Waals surface area contributed by atoms with Crippen molar-refractivity contribution >= 4 is 17.9 Å². The van der Waals surface area contributed by atoms with Crippen LogP contribution in [0, 0.1) is 0 Å². The molecule has 0 fully saturated rings. The number of carbonyl (C=O) groups is 3. The van der Waals surface area contributed by atoms with Crippen molar-refractivity contribution in [3.63, 3.8) is 0 Å². The van der Waals surface area contributed by atoms with Gasteiger partial charge in [0.1, 0.15) is 13.2 Å². The van der Waals surface area contributed by atoms with Gasteiger partial charge in [-0.1, -0.05) is 186 Å². The highest BCUT2D eigenvalue weighted by Gasteiger charge is 2.19. The normalized spacial score (nSPS) is 13.3. The van der Waals surface area contributed by atoms with E-state index in [1.54, 1.807) is 0 Å². The summed E-state index contributed by atoms with van der Waals surface area (Å²) in [6, 6.07) is 0. The van der Waals surface area contributed by atoms with Crippen molar-refractivity contribution in [3.05, 3.63) is 146 Å². The highest BCUT2D eigenvalue weighted by molar-refractivity contribution is 5.71. The summed E-state index contributed by atoms with van der Waals surface area (Å²) in [5.74, 6) is -1.10. The number of esters is 3. The van der Waals surface area contributed by atoms with Crippen LogP contribution in [0.1, 0.15) is 188 Å². The van der Waals surface area contributed by atoms with Crippen molar-refractivity contribution in [2.45, 2.75) is 194 Å². The van der Waals surface area contributed by atoms with Crippen molar-refractivity contribution in [2.24, 2.45) is 0 Å². The van der Waals surface area contributed by atoms with E-state index in [2.05, 4.69) is 167 Å². The quantitative estimate of drug-likeness (QED) is 0.0263. The molecule has 0 saturated heterocycles. The van der Waals surface area contributed by atoms with Gasteiger partial charge in [-0.05, 0) is 128 Å². The lowest BCUT2D eigenvalue weighted by Gasteiger charge is -2.18. The third-order valence-electron chi connectivity index (χ3n) is 9.81. The van der Waals surface area contributed by atoms with Crippen LogP contribution in [-0.2, 0) is 28.6 Å². The molecule has 0 N–H and O–H groups in total. The van der Waals surface area contributed by atoms with E-state index in [0.29, 0.717) is 19.3 Å². The Morgan fingerprint density at radius 1 is 0.323 bits per heavy atom. The summed E-state index contributed by atoms with van der Waals surface area (Å²) in [5, 5.41) is 0. The smallest absolute Gasteiger partial charge is 0.306 e. The zero-order valence-corrected chi connectivity index (χ0v) is 41.2. The van der Waals surface area contributed by atoms with Gasteiger partial charge in [-0.3, -0.25) is 14.4 Å². The predicted octanol–water partition coefficient (Wildman–Crippen LogP) is 16.9. The molecule has 0 amide bonds. The predicted molar refractivity (Wildman–Crippen MR) is 279 cm³/mol. The Kier molecular flexibility index (Phi) is 48.2. The van der Waals surface area contributed by atoms with Crippen LogP contribution in [0.2, 0.25) is 0 Å². The Bertz CT molecular complexity index is 1490. The monoisotopic (exact) mass is 895 g/mol. The summed E-state index contributed by atoms with van der Waals surface area (Å²) < 4.78 is 16.6. The van der Waals surface area contributed by atoms with Gasteiger partial charge in [0.15, 0.2) is 6.10 Å². The van der Waals surface area contributed by atoms with Crippen molar-refractivity contribution in [1.82, 2.24) is 0 Å². The van der Waals surface area contributed by atoms with Gasteiger partial charge in [-0.15, -0.1) is 0 Å². The number of unbranched alkanes of at least 4 members (excludes halogenated alkanes) is 8. The Morgan fingerprint density at radius 3 is 0.969 bits per heavy atom. The Labute approximate surface area is 397 Å². The second-order valence-electron chi connectivity index (χ2n) is 16.0. The van der Waals surface area contributed by atoms with E-state index in [4.69, 9.17) is 14.2 Å². The first kappa shape index (κ1) is 60.3. The molecular weight excluding hydrogens is 805 g/mol. The zero-order valence-electron chi connectivity index (χ0n) is 41.2. The number of carbonyl (C=O) groups excluding carboxylic acids is 3. The topological polar surface area (TPSA) is 78.9 Å². The summed E-state index contributed by atoms with van der Waals surface area (Å²) in [6.45, 7) is 6.22. The van der Waals surface area contributed by atoms with Crippen molar-refractivity contribution in [2.75, 3.05) is 13.2 Å². The average Bonchev–Trinajstić information content (AvgIpc) is 3.30. The average molecular weight is 895 g/mol.